The molecule has 1 aromatic carbocycles. The molecular formula is C11H11BrFNO4. The summed E-state index contributed by atoms with van der Waals surface area (Å²) in [7, 11) is 0. The lowest BCUT2D eigenvalue weighted by Crippen LogP contribution is -2.28. The highest BCUT2D eigenvalue weighted by Crippen LogP contribution is 2.15. The number of aliphatic carboxylic acids is 1. The molecule has 18 heavy (non-hydrogen) atoms. The number of carbonyl (C=O) groups is 2. The van der Waals surface area contributed by atoms with E-state index in [4.69, 9.17) is 9.84 Å². The minimum atomic E-state index is -1.08. The minimum Gasteiger partial charge on any atom is -0.480 e. The normalized spacial score (nSPS) is 10.1. The van der Waals surface area contributed by atoms with Crippen LogP contribution in [0.2, 0.25) is 0 Å². The highest BCUT2D eigenvalue weighted by Gasteiger charge is 2.11. The van der Waals surface area contributed by atoms with Crippen LogP contribution in [0.5, 0.6) is 0 Å². The van der Waals surface area contributed by atoms with Crippen molar-refractivity contribution in [1.29, 1.82) is 0 Å². The third kappa shape index (κ3) is 4.80. The van der Waals surface area contributed by atoms with Crippen LogP contribution in [0, 0.1) is 5.82 Å². The van der Waals surface area contributed by atoms with Crippen molar-refractivity contribution in [1.82, 2.24) is 5.32 Å². The monoisotopic (exact) mass is 319 g/mol. The second-order valence-electron chi connectivity index (χ2n) is 3.33. The van der Waals surface area contributed by atoms with E-state index in [2.05, 4.69) is 21.2 Å². The van der Waals surface area contributed by atoms with Gasteiger partial charge >= 0.3 is 5.97 Å². The Labute approximate surface area is 111 Å². The molecule has 0 aliphatic heterocycles. The number of carboxylic acid groups (broad SMARTS) is 1. The van der Waals surface area contributed by atoms with E-state index < -0.39 is 24.3 Å². The summed E-state index contributed by atoms with van der Waals surface area (Å²) in [5, 5.41) is 10.7. The second-order valence-corrected chi connectivity index (χ2v) is 4.24. The molecule has 7 heteroatoms. The Hall–Kier alpha value is -1.47. The standard InChI is InChI=1S/C11H11BrFNO4/c12-7-1-2-9(13)8(5-7)11(17)14-3-4-18-6-10(15)16/h1-2,5H,3-4,6H2,(H,14,17)(H,15,16). The number of hydrogen-bond acceptors (Lipinski definition) is 3. The fourth-order valence-electron chi connectivity index (χ4n) is 1.16. The highest BCUT2D eigenvalue weighted by atomic mass is 79.9. The largest absolute Gasteiger partial charge is 0.480 e. The van der Waals surface area contributed by atoms with Gasteiger partial charge in [0.15, 0.2) is 0 Å². The van der Waals surface area contributed by atoms with Crippen LogP contribution >= 0.6 is 15.9 Å². The molecule has 0 unspecified atom stereocenters. The first-order valence-corrected chi connectivity index (χ1v) is 5.83. The average molecular weight is 320 g/mol. The third-order valence-electron chi connectivity index (χ3n) is 1.93. The van der Waals surface area contributed by atoms with Crippen molar-refractivity contribution < 1.29 is 23.8 Å². The number of halogens is 2. The number of hydrogen-bond donors (Lipinski definition) is 2. The van der Waals surface area contributed by atoms with E-state index in [9.17, 15) is 14.0 Å². The lowest BCUT2D eigenvalue weighted by molar-refractivity contribution is -0.142. The summed E-state index contributed by atoms with van der Waals surface area (Å²) in [6, 6.07) is 4.03. The maximum Gasteiger partial charge on any atom is 0.329 e. The molecule has 0 spiro atoms. The Bertz CT molecular complexity index is 453. The Kier molecular flexibility index (Phi) is 5.73. The first-order chi connectivity index (χ1) is 8.50. The van der Waals surface area contributed by atoms with Gasteiger partial charge in [-0.3, -0.25) is 4.79 Å². The summed E-state index contributed by atoms with van der Waals surface area (Å²) in [6.07, 6.45) is 0. The van der Waals surface area contributed by atoms with Gasteiger partial charge in [0.1, 0.15) is 12.4 Å². The van der Waals surface area contributed by atoms with Gasteiger partial charge in [0, 0.05) is 11.0 Å². The van der Waals surface area contributed by atoms with Crippen molar-refractivity contribution >= 4 is 27.8 Å². The zero-order chi connectivity index (χ0) is 13.5. The predicted octanol–water partition coefficient (Wildman–Crippen LogP) is 1.42. The number of carboxylic acids is 1. The van der Waals surface area contributed by atoms with Crippen molar-refractivity contribution in [2.45, 2.75) is 0 Å². The van der Waals surface area contributed by atoms with Crippen molar-refractivity contribution in [2.24, 2.45) is 0 Å². The smallest absolute Gasteiger partial charge is 0.329 e. The second kappa shape index (κ2) is 7.07. The molecule has 0 heterocycles. The van der Waals surface area contributed by atoms with Gasteiger partial charge in [-0.2, -0.15) is 0 Å². The maximum absolute atomic E-state index is 13.3. The van der Waals surface area contributed by atoms with Crippen LogP contribution in [0.3, 0.4) is 0 Å². The zero-order valence-corrected chi connectivity index (χ0v) is 10.9. The van der Waals surface area contributed by atoms with Crippen molar-refractivity contribution in [3.63, 3.8) is 0 Å². The number of rotatable bonds is 6. The van der Waals surface area contributed by atoms with E-state index in [0.29, 0.717) is 4.47 Å². The summed E-state index contributed by atoms with van der Waals surface area (Å²) >= 11 is 3.14. The molecule has 0 aliphatic rings. The molecule has 0 atom stereocenters. The zero-order valence-electron chi connectivity index (χ0n) is 9.28. The van der Waals surface area contributed by atoms with Crippen LogP contribution in [0.1, 0.15) is 10.4 Å². The van der Waals surface area contributed by atoms with E-state index in [1.165, 1.54) is 18.2 Å². The molecule has 5 nitrogen and oxygen atoms in total. The van der Waals surface area contributed by atoms with Gasteiger partial charge in [-0.15, -0.1) is 0 Å². The van der Waals surface area contributed by atoms with Crippen molar-refractivity contribution in [2.75, 3.05) is 19.8 Å². The Morgan fingerprint density at radius 2 is 2.17 bits per heavy atom. The quantitative estimate of drug-likeness (QED) is 0.777. The number of ether oxygens (including phenoxy) is 1. The van der Waals surface area contributed by atoms with Crippen LogP contribution in [-0.2, 0) is 9.53 Å². The van der Waals surface area contributed by atoms with Crippen LogP contribution < -0.4 is 5.32 Å². The first-order valence-electron chi connectivity index (χ1n) is 5.03. The Morgan fingerprint density at radius 1 is 1.44 bits per heavy atom. The van der Waals surface area contributed by atoms with Crippen LogP contribution in [-0.4, -0.2) is 36.7 Å². The van der Waals surface area contributed by atoms with E-state index in [0.717, 1.165) is 0 Å². The lowest BCUT2D eigenvalue weighted by atomic mass is 10.2. The van der Waals surface area contributed by atoms with Crippen molar-refractivity contribution in [3.8, 4) is 0 Å². The molecule has 0 saturated carbocycles. The van der Waals surface area contributed by atoms with Gasteiger partial charge in [0.2, 0.25) is 0 Å². The van der Waals surface area contributed by atoms with Gasteiger partial charge in [-0.25, -0.2) is 9.18 Å². The maximum atomic E-state index is 13.3. The summed E-state index contributed by atoms with van der Waals surface area (Å²) in [4.78, 5) is 21.7. The number of benzene rings is 1. The molecule has 0 radical (unpaired) electrons. The summed E-state index contributed by atoms with van der Waals surface area (Å²) in [6.45, 7) is -0.271. The molecule has 98 valence electrons. The van der Waals surface area contributed by atoms with Crippen molar-refractivity contribution in [3.05, 3.63) is 34.1 Å². The molecule has 0 aromatic heterocycles. The minimum absolute atomic E-state index is 0.0493. The van der Waals surface area contributed by atoms with Gasteiger partial charge in [-0.05, 0) is 18.2 Å². The topological polar surface area (TPSA) is 75.6 Å². The summed E-state index contributed by atoms with van der Waals surface area (Å²) < 4.78 is 18.6. The van der Waals surface area contributed by atoms with Gasteiger partial charge < -0.3 is 15.2 Å². The molecule has 2 N–H and O–H groups in total. The average Bonchev–Trinajstić information content (AvgIpc) is 2.31. The third-order valence-corrected chi connectivity index (χ3v) is 2.42. The molecule has 0 fully saturated rings. The van der Waals surface area contributed by atoms with E-state index in [1.54, 1.807) is 0 Å². The molecular weight excluding hydrogens is 309 g/mol. The van der Waals surface area contributed by atoms with E-state index in [-0.39, 0.29) is 18.7 Å². The van der Waals surface area contributed by atoms with E-state index >= 15 is 0 Å². The predicted molar refractivity (Wildman–Crippen MR) is 64.9 cm³/mol. The molecule has 1 rings (SSSR count). The highest BCUT2D eigenvalue weighted by molar-refractivity contribution is 9.10. The van der Waals surface area contributed by atoms with Gasteiger partial charge in [0.05, 0.1) is 12.2 Å². The number of carbonyl (C=O) groups excluding carboxylic acids is 1. The molecule has 0 saturated heterocycles. The van der Waals surface area contributed by atoms with Crippen LogP contribution in [0.25, 0.3) is 0 Å². The molecule has 1 amide bonds. The molecule has 1 aromatic rings. The number of amides is 1. The van der Waals surface area contributed by atoms with Crippen LogP contribution in [0.15, 0.2) is 22.7 Å². The Morgan fingerprint density at radius 3 is 2.83 bits per heavy atom. The lowest BCUT2D eigenvalue weighted by Gasteiger charge is -2.06. The molecule has 0 bridgehead atoms. The van der Waals surface area contributed by atoms with Gasteiger partial charge in [-0.1, -0.05) is 15.9 Å². The van der Waals surface area contributed by atoms with Crippen LogP contribution in [0.4, 0.5) is 4.39 Å². The van der Waals surface area contributed by atoms with E-state index in [1.807, 2.05) is 0 Å². The Balaban J connectivity index is 2.41. The fourth-order valence-corrected chi connectivity index (χ4v) is 1.52. The molecule has 0 aliphatic carbocycles. The summed E-state index contributed by atoms with van der Waals surface area (Å²) in [5.74, 6) is -2.28. The SMILES string of the molecule is O=C(O)COCCNC(=O)c1cc(Br)ccc1F. The number of nitrogens with one attached hydrogen (secondary N) is 1. The summed E-state index contributed by atoms with van der Waals surface area (Å²) in [5.41, 5.74) is -0.0809. The first kappa shape index (κ1) is 14.6. The fraction of sp³-hybridized carbons (Fsp3) is 0.273. The van der Waals surface area contributed by atoms with Gasteiger partial charge in [0.25, 0.3) is 5.91 Å².